The first-order valence-electron chi connectivity index (χ1n) is 7.29. The number of methoxy groups -OCH3 is 1. The summed E-state index contributed by atoms with van der Waals surface area (Å²) in [6.07, 6.45) is 0. The molecule has 0 atom stereocenters. The van der Waals surface area contributed by atoms with Crippen molar-refractivity contribution in [2.24, 2.45) is 0 Å². The minimum Gasteiger partial charge on any atom is -0.496 e. The molecule has 0 aliphatic carbocycles. The van der Waals surface area contributed by atoms with Gasteiger partial charge in [0, 0.05) is 18.2 Å². The number of nitrogens with zero attached hydrogens (tertiary/aromatic N) is 1. The predicted octanol–water partition coefficient (Wildman–Crippen LogP) is 3.00. The number of benzene rings is 2. The second-order valence-electron chi connectivity index (χ2n) is 5.01. The Morgan fingerprint density at radius 2 is 2.00 bits per heavy atom. The molecular formula is C17H18F2N2O3. The van der Waals surface area contributed by atoms with Crippen molar-refractivity contribution >= 4 is 11.7 Å². The standard InChI is InChI=1S/C17H18F2N2O3/c1-24-16-5-3-2-4-12(16)11-21(8-9-22)17(23)20-15-10-13(18)6-7-14(15)19/h2-7,10,22H,8-9,11H2,1H3,(H,20,23). The third-order valence-electron chi connectivity index (χ3n) is 3.38. The van der Waals surface area contributed by atoms with E-state index in [1.807, 2.05) is 0 Å². The van der Waals surface area contributed by atoms with Crippen LogP contribution in [0.25, 0.3) is 0 Å². The number of aliphatic hydroxyl groups excluding tert-OH is 1. The Morgan fingerprint density at radius 1 is 1.25 bits per heavy atom. The molecule has 0 unspecified atom stereocenters. The molecule has 128 valence electrons. The van der Waals surface area contributed by atoms with Gasteiger partial charge >= 0.3 is 6.03 Å². The molecule has 0 aliphatic heterocycles. The van der Waals surface area contributed by atoms with Gasteiger partial charge in [0.1, 0.15) is 17.4 Å². The number of para-hydroxylation sites is 1. The van der Waals surface area contributed by atoms with E-state index in [-0.39, 0.29) is 25.4 Å². The van der Waals surface area contributed by atoms with Gasteiger partial charge in [0.15, 0.2) is 0 Å². The molecule has 2 amide bonds. The summed E-state index contributed by atoms with van der Waals surface area (Å²) in [5, 5.41) is 11.5. The average Bonchev–Trinajstić information content (AvgIpc) is 2.58. The van der Waals surface area contributed by atoms with Crippen LogP contribution < -0.4 is 10.1 Å². The van der Waals surface area contributed by atoms with E-state index < -0.39 is 17.7 Å². The predicted molar refractivity (Wildman–Crippen MR) is 85.9 cm³/mol. The first-order valence-corrected chi connectivity index (χ1v) is 7.29. The highest BCUT2D eigenvalue weighted by Crippen LogP contribution is 2.20. The third-order valence-corrected chi connectivity index (χ3v) is 3.38. The van der Waals surface area contributed by atoms with Gasteiger partial charge in [-0.15, -0.1) is 0 Å². The molecule has 5 nitrogen and oxygen atoms in total. The highest BCUT2D eigenvalue weighted by molar-refractivity contribution is 5.89. The van der Waals surface area contributed by atoms with Crippen molar-refractivity contribution in [2.75, 3.05) is 25.6 Å². The topological polar surface area (TPSA) is 61.8 Å². The van der Waals surface area contributed by atoms with Crippen LogP contribution >= 0.6 is 0 Å². The molecule has 2 aromatic rings. The lowest BCUT2D eigenvalue weighted by Gasteiger charge is -2.23. The molecule has 0 heterocycles. The van der Waals surface area contributed by atoms with Crippen LogP contribution in [0.15, 0.2) is 42.5 Å². The second kappa shape index (κ2) is 8.26. The maximum absolute atomic E-state index is 13.7. The van der Waals surface area contributed by atoms with E-state index >= 15 is 0 Å². The van der Waals surface area contributed by atoms with Gasteiger partial charge < -0.3 is 20.1 Å². The van der Waals surface area contributed by atoms with Gasteiger partial charge in [-0.25, -0.2) is 13.6 Å². The van der Waals surface area contributed by atoms with E-state index in [0.29, 0.717) is 5.75 Å². The largest absolute Gasteiger partial charge is 0.496 e. The van der Waals surface area contributed by atoms with Crippen LogP contribution in [0, 0.1) is 11.6 Å². The highest BCUT2D eigenvalue weighted by atomic mass is 19.1. The normalized spacial score (nSPS) is 10.3. The number of rotatable bonds is 6. The van der Waals surface area contributed by atoms with Crippen molar-refractivity contribution in [1.29, 1.82) is 0 Å². The van der Waals surface area contributed by atoms with Crippen molar-refractivity contribution in [3.63, 3.8) is 0 Å². The van der Waals surface area contributed by atoms with Gasteiger partial charge in [-0.1, -0.05) is 18.2 Å². The number of anilines is 1. The summed E-state index contributed by atoms with van der Waals surface area (Å²) in [7, 11) is 1.51. The fourth-order valence-electron chi connectivity index (χ4n) is 2.20. The molecular weight excluding hydrogens is 318 g/mol. The molecule has 0 radical (unpaired) electrons. The fraction of sp³-hybridized carbons (Fsp3) is 0.235. The molecule has 2 aromatic carbocycles. The molecule has 0 bridgehead atoms. The van der Waals surface area contributed by atoms with Crippen LogP contribution in [-0.2, 0) is 6.54 Å². The Hall–Kier alpha value is -2.67. The molecule has 0 saturated carbocycles. The van der Waals surface area contributed by atoms with Crippen molar-refractivity contribution in [1.82, 2.24) is 4.90 Å². The summed E-state index contributed by atoms with van der Waals surface area (Å²) in [4.78, 5) is 13.6. The van der Waals surface area contributed by atoms with Crippen LogP contribution in [0.1, 0.15) is 5.56 Å². The van der Waals surface area contributed by atoms with Gasteiger partial charge in [0.25, 0.3) is 0 Å². The smallest absolute Gasteiger partial charge is 0.322 e. The summed E-state index contributed by atoms with van der Waals surface area (Å²) >= 11 is 0. The maximum atomic E-state index is 13.7. The first kappa shape index (κ1) is 17.7. The summed E-state index contributed by atoms with van der Waals surface area (Å²) < 4.78 is 32.1. The Morgan fingerprint density at radius 3 is 2.71 bits per heavy atom. The second-order valence-corrected chi connectivity index (χ2v) is 5.01. The van der Waals surface area contributed by atoms with Gasteiger partial charge in [-0.3, -0.25) is 0 Å². The Labute approximate surface area is 138 Å². The molecule has 0 spiro atoms. The monoisotopic (exact) mass is 336 g/mol. The number of hydrogen-bond acceptors (Lipinski definition) is 3. The number of carbonyl (C=O) groups is 1. The lowest BCUT2D eigenvalue weighted by molar-refractivity contribution is 0.184. The van der Waals surface area contributed by atoms with E-state index in [1.54, 1.807) is 24.3 Å². The first-order chi connectivity index (χ1) is 11.5. The lowest BCUT2D eigenvalue weighted by atomic mass is 10.2. The third kappa shape index (κ3) is 4.42. The van der Waals surface area contributed by atoms with E-state index in [9.17, 15) is 13.6 Å². The van der Waals surface area contributed by atoms with E-state index in [2.05, 4.69) is 5.32 Å². The van der Waals surface area contributed by atoms with E-state index in [4.69, 9.17) is 9.84 Å². The van der Waals surface area contributed by atoms with Crippen molar-refractivity contribution < 1.29 is 23.4 Å². The molecule has 24 heavy (non-hydrogen) atoms. The molecule has 0 aliphatic rings. The zero-order valence-corrected chi connectivity index (χ0v) is 13.1. The van der Waals surface area contributed by atoms with Crippen LogP contribution in [0.4, 0.5) is 19.3 Å². The summed E-state index contributed by atoms with van der Waals surface area (Å²) in [6.45, 7) is -0.0949. The van der Waals surface area contributed by atoms with E-state index in [1.165, 1.54) is 12.0 Å². The van der Waals surface area contributed by atoms with Crippen molar-refractivity contribution in [3.8, 4) is 5.75 Å². The van der Waals surface area contributed by atoms with E-state index in [0.717, 1.165) is 23.8 Å². The molecule has 2 rings (SSSR count). The maximum Gasteiger partial charge on any atom is 0.322 e. The average molecular weight is 336 g/mol. The van der Waals surface area contributed by atoms with Crippen LogP contribution in [-0.4, -0.2) is 36.3 Å². The van der Waals surface area contributed by atoms with Crippen LogP contribution in [0.2, 0.25) is 0 Å². The van der Waals surface area contributed by atoms with Crippen molar-refractivity contribution in [2.45, 2.75) is 6.54 Å². The summed E-state index contributed by atoms with van der Waals surface area (Å²) in [5.74, 6) is -0.818. The number of halogens is 2. The summed E-state index contributed by atoms with van der Waals surface area (Å²) in [5.41, 5.74) is 0.464. The number of carbonyl (C=O) groups excluding carboxylic acids is 1. The minimum absolute atomic E-state index is 0.0286. The quantitative estimate of drug-likeness (QED) is 0.852. The number of amides is 2. The Balaban J connectivity index is 2.17. The fourth-order valence-corrected chi connectivity index (χ4v) is 2.20. The molecule has 7 heteroatoms. The molecule has 0 fully saturated rings. The van der Waals surface area contributed by atoms with Gasteiger partial charge in [0.2, 0.25) is 0 Å². The van der Waals surface area contributed by atoms with Crippen molar-refractivity contribution in [3.05, 3.63) is 59.7 Å². The zero-order valence-electron chi connectivity index (χ0n) is 13.1. The molecule has 0 aromatic heterocycles. The van der Waals surface area contributed by atoms with Gasteiger partial charge in [-0.2, -0.15) is 0 Å². The zero-order chi connectivity index (χ0) is 17.5. The molecule has 0 saturated heterocycles. The number of urea groups is 1. The lowest BCUT2D eigenvalue weighted by Crippen LogP contribution is -2.36. The number of aliphatic hydroxyl groups is 1. The minimum atomic E-state index is -0.744. The SMILES string of the molecule is COc1ccccc1CN(CCO)C(=O)Nc1cc(F)ccc1F. The van der Waals surface area contributed by atoms with Crippen LogP contribution in [0.3, 0.4) is 0 Å². The van der Waals surface area contributed by atoms with Crippen LogP contribution in [0.5, 0.6) is 5.75 Å². The van der Waals surface area contributed by atoms with Gasteiger partial charge in [-0.05, 0) is 18.2 Å². The van der Waals surface area contributed by atoms with Gasteiger partial charge in [0.05, 0.1) is 25.9 Å². The number of ether oxygens (including phenoxy) is 1. The number of hydrogen-bond donors (Lipinski definition) is 2. The molecule has 2 N–H and O–H groups in total. The highest BCUT2D eigenvalue weighted by Gasteiger charge is 2.17. The Kier molecular flexibility index (Phi) is 6.08. The number of nitrogens with one attached hydrogen (secondary N) is 1. The summed E-state index contributed by atoms with van der Waals surface area (Å²) in [6, 6.07) is 9.25. The Bertz CT molecular complexity index is 710.